The molecule has 0 saturated heterocycles. The Balaban J connectivity index is 1.80. The quantitative estimate of drug-likeness (QED) is 0.873. The van der Waals surface area contributed by atoms with Crippen molar-refractivity contribution >= 4 is 0 Å². The van der Waals surface area contributed by atoms with E-state index in [0.29, 0.717) is 12.6 Å². The normalized spacial score (nSPS) is 23.6. The van der Waals surface area contributed by atoms with Gasteiger partial charge >= 0.3 is 6.36 Å². The Morgan fingerprint density at radius 1 is 1.22 bits per heavy atom. The van der Waals surface area contributed by atoms with Gasteiger partial charge in [-0.05, 0) is 30.5 Å². The second kappa shape index (κ2) is 5.16. The third-order valence-corrected chi connectivity index (χ3v) is 2.86. The topological polar surface area (TPSA) is 41.5 Å². The molecule has 0 bridgehead atoms. The van der Waals surface area contributed by atoms with Gasteiger partial charge in [0.25, 0.3) is 0 Å². The van der Waals surface area contributed by atoms with Crippen LogP contribution in [0.5, 0.6) is 5.75 Å². The maximum Gasteiger partial charge on any atom is 0.573 e. The highest BCUT2D eigenvalue weighted by molar-refractivity contribution is 5.27. The number of aliphatic hydroxyl groups is 1. The Kier molecular flexibility index (Phi) is 3.77. The lowest BCUT2D eigenvalue weighted by atomic mass is 9.89. The maximum atomic E-state index is 11.9. The summed E-state index contributed by atoms with van der Waals surface area (Å²) in [6.07, 6.45) is -3.41. The molecule has 0 spiro atoms. The molecule has 3 nitrogen and oxygen atoms in total. The summed E-state index contributed by atoms with van der Waals surface area (Å²) in [4.78, 5) is 0. The minimum absolute atomic E-state index is 0.217. The van der Waals surface area contributed by atoms with Gasteiger partial charge in [-0.2, -0.15) is 0 Å². The SMILES string of the molecule is OC1CC(NCc2ccc(OC(F)(F)F)cc2)C1. The Bertz CT molecular complexity index is 385. The number of alkyl halides is 3. The van der Waals surface area contributed by atoms with Gasteiger partial charge in [-0.1, -0.05) is 12.1 Å². The summed E-state index contributed by atoms with van der Waals surface area (Å²) in [5, 5.41) is 12.3. The second-order valence-corrected chi connectivity index (χ2v) is 4.39. The van der Waals surface area contributed by atoms with Crippen LogP contribution in [-0.2, 0) is 6.54 Å². The van der Waals surface area contributed by atoms with Crippen LogP contribution in [0.25, 0.3) is 0 Å². The molecule has 100 valence electrons. The zero-order valence-electron chi connectivity index (χ0n) is 9.57. The minimum atomic E-state index is -4.65. The molecule has 2 rings (SSSR count). The van der Waals surface area contributed by atoms with Gasteiger partial charge in [0.2, 0.25) is 0 Å². The fourth-order valence-electron chi connectivity index (χ4n) is 1.83. The minimum Gasteiger partial charge on any atom is -0.406 e. The molecule has 0 amide bonds. The second-order valence-electron chi connectivity index (χ2n) is 4.39. The van der Waals surface area contributed by atoms with Crippen molar-refractivity contribution in [3.8, 4) is 5.75 Å². The van der Waals surface area contributed by atoms with Gasteiger partial charge < -0.3 is 15.2 Å². The number of rotatable bonds is 4. The zero-order chi connectivity index (χ0) is 13.2. The number of halogens is 3. The maximum absolute atomic E-state index is 11.9. The van der Waals surface area contributed by atoms with Crippen molar-refractivity contribution < 1.29 is 23.0 Å². The van der Waals surface area contributed by atoms with Crippen LogP contribution in [0.1, 0.15) is 18.4 Å². The van der Waals surface area contributed by atoms with Crippen LogP contribution >= 0.6 is 0 Å². The molecule has 0 heterocycles. The molecule has 1 saturated carbocycles. The van der Waals surface area contributed by atoms with Gasteiger partial charge in [-0.15, -0.1) is 13.2 Å². The van der Waals surface area contributed by atoms with Crippen LogP contribution in [0.15, 0.2) is 24.3 Å². The summed E-state index contributed by atoms with van der Waals surface area (Å²) in [6, 6.07) is 6.05. The van der Waals surface area contributed by atoms with E-state index in [0.717, 1.165) is 18.4 Å². The Morgan fingerprint density at radius 3 is 2.33 bits per heavy atom. The van der Waals surface area contributed by atoms with E-state index in [2.05, 4.69) is 10.1 Å². The first-order chi connectivity index (χ1) is 8.42. The average molecular weight is 261 g/mol. The highest BCUT2D eigenvalue weighted by Gasteiger charge is 2.31. The number of hydrogen-bond donors (Lipinski definition) is 2. The average Bonchev–Trinajstić information content (AvgIpc) is 2.23. The lowest BCUT2D eigenvalue weighted by Gasteiger charge is -2.32. The fraction of sp³-hybridized carbons (Fsp3) is 0.500. The van der Waals surface area contributed by atoms with Crippen molar-refractivity contribution in [1.29, 1.82) is 0 Å². The monoisotopic (exact) mass is 261 g/mol. The highest BCUT2D eigenvalue weighted by atomic mass is 19.4. The Hall–Kier alpha value is -1.27. The van der Waals surface area contributed by atoms with E-state index in [4.69, 9.17) is 5.11 Å². The molecule has 1 fully saturated rings. The third-order valence-electron chi connectivity index (χ3n) is 2.86. The van der Waals surface area contributed by atoms with Crippen molar-refractivity contribution in [1.82, 2.24) is 5.32 Å². The first-order valence-electron chi connectivity index (χ1n) is 5.68. The van der Waals surface area contributed by atoms with E-state index < -0.39 is 6.36 Å². The van der Waals surface area contributed by atoms with E-state index >= 15 is 0 Å². The summed E-state index contributed by atoms with van der Waals surface area (Å²) in [5.41, 5.74) is 0.880. The van der Waals surface area contributed by atoms with E-state index in [1.54, 1.807) is 12.1 Å². The van der Waals surface area contributed by atoms with Crippen molar-refractivity contribution in [3.05, 3.63) is 29.8 Å². The molecular weight excluding hydrogens is 247 g/mol. The molecule has 18 heavy (non-hydrogen) atoms. The predicted molar refractivity (Wildman–Crippen MR) is 59.0 cm³/mol. The first-order valence-corrected chi connectivity index (χ1v) is 5.68. The van der Waals surface area contributed by atoms with Gasteiger partial charge in [0.05, 0.1) is 6.10 Å². The van der Waals surface area contributed by atoms with Gasteiger partial charge in [0.15, 0.2) is 0 Å². The van der Waals surface area contributed by atoms with Gasteiger partial charge in [0.1, 0.15) is 5.75 Å². The molecule has 0 atom stereocenters. The van der Waals surface area contributed by atoms with Gasteiger partial charge in [-0.25, -0.2) is 0 Å². The highest BCUT2D eigenvalue weighted by Crippen LogP contribution is 2.23. The molecule has 0 radical (unpaired) electrons. The molecule has 1 aliphatic rings. The molecule has 1 aromatic rings. The van der Waals surface area contributed by atoms with Crippen molar-refractivity contribution in [2.24, 2.45) is 0 Å². The third kappa shape index (κ3) is 3.89. The van der Waals surface area contributed by atoms with E-state index in [-0.39, 0.29) is 11.9 Å². The Labute approximate surface area is 103 Å². The lowest BCUT2D eigenvalue weighted by molar-refractivity contribution is -0.274. The van der Waals surface area contributed by atoms with E-state index in [9.17, 15) is 13.2 Å². The summed E-state index contributed by atoms with van der Waals surface area (Å²) in [7, 11) is 0. The number of nitrogens with one attached hydrogen (secondary N) is 1. The van der Waals surface area contributed by atoms with Crippen LogP contribution < -0.4 is 10.1 Å². The molecule has 1 aromatic carbocycles. The number of ether oxygens (including phenoxy) is 1. The summed E-state index contributed by atoms with van der Waals surface area (Å²) in [6.45, 7) is 0.573. The molecular formula is C12H14F3NO2. The van der Waals surface area contributed by atoms with Crippen LogP contribution in [0.3, 0.4) is 0 Å². The Morgan fingerprint density at radius 2 is 1.83 bits per heavy atom. The molecule has 2 N–H and O–H groups in total. The van der Waals surface area contributed by atoms with Gasteiger partial charge in [-0.3, -0.25) is 0 Å². The molecule has 0 aromatic heterocycles. The predicted octanol–water partition coefficient (Wildman–Crippen LogP) is 2.20. The van der Waals surface area contributed by atoms with Crippen molar-refractivity contribution in [3.63, 3.8) is 0 Å². The smallest absolute Gasteiger partial charge is 0.406 e. The molecule has 0 unspecified atom stereocenters. The van der Waals surface area contributed by atoms with Crippen LogP contribution in [0.4, 0.5) is 13.2 Å². The number of aliphatic hydroxyl groups excluding tert-OH is 1. The molecule has 6 heteroatoms. The van der Waals surface area contributed by atoms with Crippen LogP contribution in [-0.4, -0.2) is 23.6 Å². The van der Waals surface area contributed by atoms with E-state index in [1.807, 2.05) is 0 Å². The largest absolute Gasteiger partial charge is 0.573 e. The fourth-order valence-corrected chi connectivity index (χ4v) is 1.83. The van der Waals surface area contributed by atoms with Crippen LogP contribution in [0, 0.1) is 0 Å². The summed E-state index contributed by atoms with van der Waals surface area (Å²) in [5.74, 6) is -0.217. The number of benzene rings is 1. The van der Waals surface area contributed by atoms with Crippen molar-refractivity contribution in [2.45, 2.75) is 37.9 Å². The number of hydrogen-bond acceptors (Lipinski definition) is 3. The standard InChI is InChI=1S/C12H14F3NO2/c13-12(14,15)18-11-3-1-8(2-4-11)7-16-9-5-10(17)6-9/h1-4,9-10,16-17H,5-7H2. The lowest BCUT2D eigenvalue weighted by Crippen LogP contribution is -2.43. The summed E-state index contributed by atoms with van der Waals surface area (Å²) >= 11 is 0. The zero-order valence-corrected chi connectivity index (χ0v) is 9.57. The molecule has 1 aliphatic carbocycles. The van der Waals surface area contributed by atoms with Gasteiger partial charge in [0, 0.05) is 12.6 Å². The summed E-state index contributed by atoms with van der Waals surface area (Å²) < 4.78 is 39.6. The first kappa shape index (κ1) is 13.2. The molecule has 0 aliphatic heterocycles. The van der Waals surface area contributed by atoms with Crippen LogP contribution in [0.2, 0.25) is 0 Å². The van der Waals surface area contributed by atoms with Crippen molar-refractivity contribution in [2.75, 3.05) is 0 Å². The van der Waals surface area contributed by atoms with E-state index in [1.165, 1.54) is 12.1 Å².